The maximum Gasteiger partial charge on any atom is 0.225 e. The number of hydrogen-bond donors (Lipinski definition) is 1. The molecule has 2 atom stereocenters. The number of aromatic amines is 1. The van der Waals surface area contributed by atoms with Crippen LogP contribution in [0.3, 0.4) is 0 Å². The van der Waals surface area contributed by atoms with E-state index in [1.165, 1.54) is 10.9 Å². The van der Waals surface area contributed by atoms with Gasteiger partial charge in [-0.2, -0.15) is 0 Å². The van der Waals surface area contributed by atoms with Crippen molar-refractivity contribution in [2.24, 2.45) is 0 Å². The molecule has 3 aromatic rings. The summed E-state index contributed by atoms with van der Waals surface area (Å²) in [6.45, 7) is 1.31. The average Bonchev–Trinajstić information content (AvgIpc) is 3.49. The van der Waals surface area contributed by atoms with Crippen LogP contribution in [0, 0.1) is 0 Å². The number of carbonyl (C=O) groups excluding carboxylic acids is 2. The molecule has 4 heterocycles. The van der Waals surface area contributed by atoms with Gasteiger partial charge in [0.1, 0.15) is 0 Å². The topological polar surface area (TPSA) is 69.3 Å². The number of hydrogen-bond acceptors (Lipinski definition) is 4. The number of carbonyl (C=O) groups is 2. The summed E-state index contributed by atoms with van der Waals surface area (Å²) in [5, 5.41) is 3.23. The van der Waals surface area contributed by atoms with Crippen LogP contribution in [0.1, 0.15) is 36.9 Å². The predicted molar refractivity (Wildman–Crippen MR) is 112 cm³/mol. The summed E-state index contributed by atoms with van der Waals surface area (Å²) in [6, 6.07) is 8.43. The van der Waals surface area contributed by atoms with Crippen molar-refractivity contribution >= 4 is 34.1 Å². The number of rotatable bonds is 6. The molecule has 2 fully saturated rings. The second-order valence-corrected chi connectivity index (χ2v) is 8.65. The van der Waals surface area contributed by atoms with Crippen molar-refractivity contribution in [3.8, 4) is 0 Å². The first-order valence-corrected chi connectivity index (χ1v) is 11.2. The summed E-state index contributed by atoms with van der Waals surface area (Å²) >= 11 is 1.55. The van der Waals surface area contributed by atoms with Gasteiger partial charge in [0.05, 0.1) is 29.8 Å². The minimum absolute atomic E-state index is 0.0294. The van der Waals surface area contributed by atoms with E-state index in [-0.39, 0.29) is 23.9 Å². The lowest BCUT2D eigenvalue weighted by Crippen LogP contribution is -2.39. The molecule has 29 heavy (non-hydrogen) atoms. The molecular formula is C22H24N4O2S. The number of nitrogens with zero attached hydrogens (tertiary/aromatic N) is 3. The second-order valence-electron chi connectivity index (χ2n) is 7.93. The number of para-hydroxylation sites is 1. The standard InChI is InChI=1S/C22H24N4O2S/c27-21(7-3-4-15-11-23-18-6-2-1-5-17(15)18)25-9-8-19-20(25)10-22(28)26(19)12-16-13-29-14-24-16/h1-2,5-6,11,13-14,19-20,23H,3-4,7-10,12H2/t19-,20-/m0/s1. The van der Waals surface area contributed by atoms with Crippen LogP contribution < -0.4 is 0 Å². The summed E-state index contributed by atoms with van der Waals surface area (Å²) < 4.78 is 0. The summed E-state index contributed by atoms with van der Waals surface area (Å²) in [5.74, 6) is 0.324. The second kappa shape index (κ2) is 7.63. The molecule has 6 nitrogen and oxygen atoms in total. The van der Waals surface area contributed by atoms with Crippen molar-refractivity contribution in [2.45, 2.75) is 50.7 Å². The van der Waals surface area contributed by atoms with E-state index < -0.39 is 0 Å². The van der Waals surface area contributed by atoms with Gasteiger partial charge in [-0.15, -0.1) is 11.3 Å². The summed E-state index contributed by atoms with van der Waals surface area (Å²) in [5.41, 5.74) is 5.14. The van der Waals surface area contributed by atoms with Gasteiger partial charge in [0.25, 0.3) is 0 Å². The third kappa shape index (κ3) is 3.44. The van der Waals surface area contributed by atoms with Gasteiger partial charge in [-0.3, -0.25) is 9.59 Å². The number of likely N-dealkylation sites (tertiary alicyclic amines) is 2. The lowest BCUT2D eigenvalue weighted by atomic mass is 10.1. The Hall–Kier alpha value is -2.67. The number of benzene rings is 1. The van der Waals surface area contributed by atoms with E-state index in [9.17, 15) is 9.59 Å². The molecule has 0 spiro atoms. The van der Waals surface area contributed by atoms with Crippen LogP contribution in [0.5, 0.6) is 0 Å². The third-order valence-electron chi connectivity index (χ3n) is 6.26. The largest absolute Gasteiger partial charge is 0.361 e. The molecule has 2 aliphatic rings. The van der Waals surface area contributed by atoms with Gasteiger partial charge in [0, 0.05) is 41.9 Å². The smallest absolute Gasteiger partial charge is 0.225 e. The molecule has 5 rings (SSSR count). The Kier molecular flexibility index (Phi) is 4.83. The fourth-order valence-electron chi connectivity index (χ4n) is 4.85. The molecule has 2 amide bonds. The normalized spacial score (nSPS) is 21.3. The van der Waals surface area contributed by atoms with Crippen LogP contribution in [-0.2, 0) is 22.6 Å². The van der Waals surface area contributed by atoms with Crippen molar-refractivity contribution in [2.75, 3.05) is 6.54 Å². The average molecular weight is 409 g/mol. The molecule has 0 aliphatic carbocycles. The van der Waals surface area contributed by atoms with Gasteiger partial charge in [0.15, 0.2) is 0 Å². The van der Waals surface area contributed by atoms with Crippen molar-refractivity contribution in [3.63, 3.8) is 0 Å². The highest BCUT2D eigenvalue weighted by atomic mass is 32.1. The molecule has 0 saturated carbocycles. The number of fused-ring (bicyclic) bond motifs is 2. The molecule has 0 unspecified atom stereocenters. The number of thiazole rings is 1. The summed E-state index contributed by atoms with van der Waals surface area (Å²) in [7, 11) is 0. The van der Waals surface area contributed by atoms with Crippen LogP contribution in [0.4, 0.5) is 0 Å². The van der Waals surface area contributed by atoms with Crippen LogP contribution in [-0.4, -0.2) is 50.2 Å². The van der Waals surface area contributed by atoms with Gasteiger partial charge in [-0.25, -0.2) is 4.98 Å². The number of aromatic nitrogens is 2. The Morgan fingerprint density at radius 3 is 3.03 bits per heavy atom. The van der Waals surface area contributed by atoms with E-state index in [0.717, 1.165) is 37.0 Å². The zero-order chi connectivity index (χ0) is 19.8. The van der Waals surface area contributed by atoms with E-state index in [4.69, 9.17) is 0 Å². The Labute approximate surface area is 173 Å². The maximum absolute atomic E-state index is 12.9. The molecule has 1 N–H and O–H groups in total. The lowest BCUT2D eigenvalue weighted by Gasteiger charge is -2.25. The molecule has 2 aliphatic heterocycles. The molecule has 150 valence electrons. The Morgan fingerprint density at radius 1 is 1.28 bits per heavy atom. The SMILES string of the molecule is O=C(CCCc1c[nH]c2ccccc12)N1CC[C@H]2[C@@H]1CC(=O)N2Cc1cscn1. The number of aryl methyl sites for hydroxylation is 1. The zero-order valence-corrected chi connectivity index (χ0v) is 17.0. The van der Waals surface area contributed by atoms with E-state index in [1.807, 2.05) is 33.5 Å². The molecular weight excluding hydrogens is 384 g/mol. The van der Waals surface area contributed by atoms with Gasteiger partial charge >= 0.3 is 0 Å². The van der Waals surface area contributed by atoms with Crippen LogP contribution >= 0.6 is 11.3 Å². The van der Waals surface area contributed by atoms with Crippen molar-refractivity contribution in [1.29, 1.82) is 0 Å². The fourth-order valence-corrected chi connectivity index (χ4v) is 5.40. The molecule has 0 radical (unpaired) electrons. The molecule has 2 aromatic heterocycles. The third-order valence-corrected chi connectivity index (χ3v) is 6.90. The van der Waals surface area contributed by atoms with E-state index in [0.29, 0.717) is 19.4 Å². The summed E-state index contributed by atoms with van der Waals surface area (Å²) in [6.07, 6.45) is 5.60. The Morgan fingerprint density at radius 2 is 2.17 bits per heavy atom. The van der Waals surface area contributed by atoms with Crippen LogP contribution in [0.2, 0.25) is 0 Å². The van der Waals surface area contributed by atoms with Crippen molar-refractivity contribution in [1.82, 2.24) is 19.8 Å². The van der Waals surface area contributed by atoms with E-state index in [2.05, 4.69) is 22.1 Å². The minimum Gasteiger partial charge on any atom is -0.361 e. The van der Waals surface area contributed by atoms with E-state index in [1.54, 1.807) is 16.8 Å². The molecule has 2 saturated heterocycles. The molecule has 0 bridgehead atoms. The van der Waals surface area contributed by atoms with Crippen molar-refractivity contribution < 1.29 is 9.59 Å². The van der Waals surface area contributed by atoms with Gasteiger partial charge < -0.3 is 14.8 Å². The van der Waals surface area contributed by atoms with Gasteiger partial charge in [-0.1, -0.05) is 18.2 Å². The quantitative estimate of drug-likeness (QED) is 0.680. The fraction of sp³-hybridized carbons (Fsp3) is 0.409. The van der Waals surface area contributed by atoms with Gasteiger partial charge in [0.2, 0.25) is 11.8 Å². The number of amides is 2. The van der Waals surface area contributed by atoms with Gasteiger partial charge in [-0.05, 0) is 30.9 Å². The first-order valence-electron chi connectivity index (χ1n) is 10.2. The number of H-pyrrole nitrogens is 1. The van der Waals surface area contributed by atoms with Crippen LogP contribution in [0.15, 0.2) is 41.4 Å². The van der Waals surface area contributed by atoms with Crippen molar-refractivity contribution in [3.05, 3.63) is 52.6 Å². The molecule has 7 heteroatoms. The maximum atomic E-state index is 12.9. The minimum atomic E-state index is 0.0294. The summed E-state index contributed by atoms with van der Waals surface area (Å²) in [4.78, 5) is 36.9. The monoisotopic (exact) mass is 408 g/mol. The lowest BCUT2D eigenvalue weighted by molar-refractivity contribution is -0.132. The zero-order valence-electron chi connectivity index (χ0n) is 16.2. The highest BCUT2D eigenvalue weighted by Gasteiger charge is 2.48. The highest BCUT2D eigenvalue weighted by Crippen LogP contribution is 2.34. The van der Waals surface area contributed by atoms with E-state index >= 15 is 0 Å². The highest BCUT2D eigenvalue weighted by molar-refractivity contribution is 7.07. The first kappa shape index (κ1) is 18.4. The Bertz CT molecular complexity index is 1030. The Balaban J connectivity index is 1.18. The number of nitrogens with one attached hydrogen (secondary N) is 1. The molecule has 1 aromatic carbocycles. The predicted octanol–water partition coefficient (Wildman–Crippen LogP) is 3.35. The first-order chi connectivity index (χ1) is 14.2. The van der Waals surface area contributed by atoms with Crippen LogP contribution in [0.25, 0.3) is 10.9 Å².